The van der Waals surface area contributed by atoms with Gasteiger partial charge in [-0.25, -0.2) is 25.9 Å². The molecular weight excluding hydrogens is 440 g/mol. The van der Waals surface area contributed by atoms with E-state index in [1.54, 1.807) is 24.3 Å². The molecule has 29 heavy (non-hydrogen) atoms. The van der Waals surface area contributed by atoms with Gasteiger partial charge in [0.1, 0.15) is 10.6 Å². The molecule has 1 atom stereocenters. The summed E-state index contributed by atoms with van der Waals surface area (Å²) in [5, 5.41) is 0.402. The summed E-state index contributed by atoms with van der Waals surface area (Å²) in [7, 11) is -6.68. The number of nitrogens with zero attached hydrogens (tertiary/aromatic N) is 1. The first kappa shape index (κ1) is 21.6. The second-order valence-corrected chi connectivity index (χ2v) is 10.5. The number of hydrogen-bond donors (Lipinski definition) is 1. The van der Waals surface area contributed by atoms with Gasteiger partial charge in [-0.3, -0.25) is 4.79 Å². The average molecular weight is 459 g/mol. The molecule has 1 fully saturated rings. The number of rotatable bonds is 6. The molecule has 0 spiro atoms. The van der Waals surface area contributed by atoms with Crippen molar-refractivity contribution in [3.05, 3.63) is 53.1 Å². The highest BCUT2D eigenvalue weighted by Crippen LogP contribution is 2.34. The zero-order chi connectivity index (χ0) is 21.4. The fourth-order valence-corrected chi connectivity index (χ4v) is 6.19. The van der Waals surface area contributed by atoms with Crippen LogP contribution in [0.1, 0.15) is 12.5 Å². The van der Waals surface area contributed by atoms with Gasteiger partial charge >= 0.3 is 0 Å². The van der Waals surface area contributed by atoms with Gasteiger partial charge in [0, 0.05) is 11.6 Å². The zero-order valence-electron chi connectivity index (χ0n) is 15.6. The van der Waals surface area contributed by atoms with Crippen molar-refractivity contribution in [1.29, 1.82) is 0 Å². The summed E-state index contributed by atoms with van der Waals surface area (Å²) in [4.78, 5) is 12.0. The van der Waals surface area contributed by atoms with Crippen LogP contribution in [0.2, 0.25) is 5.02 Å². The SMILES string of the molecule is COc1ccc(N2C(=O)C(C)CS2(=O)=O)cc1S(=O)(=O)NCc1ccccc1Cl. The summed E-state index contributed by atoms with van der Waals surface area (Å²) in [5.74, 6) is -1.63. The van der Waals surface area contributed by atoms with E-state index in [1.807, 2.05) is 0 Å². The Morgan fingerprint density at radius 2 is 1.93 bits per heavy atom. The summed E-state index contributed by atoms with van der Waals surface area (Å²) in [6.45, 7) is 1.43. The second-order valence-electron chi connectivity index (χ2n) is 6.53. The molecule has 0 aromatic heterocycles. The van der Waals surface area contributed by atoms with Crippen LogP contribution in [0.3, 0.4) is 0 Å². The zero-order valence-corrected chi connectivity index (χ0v) is 18.0. The number of methoxy groups -OCH3 is 1. The molecule has 0 aliphatic carbocycles. The average Bonchev–Trinajstić information content (AvgIpc) is 2.87. The van der Waals surface area contributed by atoms with Crippen molar-refractivity contribution >= 4 is 43.2 Å². The number of carbonyl (C=O) groups excluding carboxylic acids is 1. The Hall–Kier alpha value is -2.14. The summed E-state index contributed by atoms with van der Waals surface area (Å²) in [6, 6.07) is 10.5. The molecule has 1 heterocycles. The quantitative estimate of drug-likeness (QED) is 0.710. The lowest BCUT2D eigenvalue weighted by Gasteiger charge is -2.18. The minimum Gasteiger partial charge on any atom is -0.495 e. The van der Waals surface area contributed by atoms with Crippen LogP contribution in [0.5, 0.6) is 5.75 Å². The van der Waals surface area contributed by atoms with Crippen molar-refractivity contribution in [2.75, 3.05) is 17.2 Å². The molecule has 0 radical (unpaired) electrons. The summed E-state index contributed by atoms with van der Waals surface area (Å²) in [5.41, 5.74) is 0.511. The van der Waals surface area contributed by atoms with Gasteiger partial charge < -0.3 is 4.74 Å². The van der Waals surface area contributed by atoms with Gasteiger partial charge in [0.2, 0.25) is 26.0 Å². The van der Waals surface area contributed by atoms with Crippen LogP contribution in [0.4, 0.5) is 5.69 Å². The Morgan fingerprint density at radius 3 is 2.52 bits per heavy atom. The van der Waals surface area contributed by atoms with Crippen LogP contribution in [0.25, 0.3) is 0 Å². The molecule has 0 saturated carbocycles. The highest BCUT2D eigenvalue weighted by atomic mass is 35.5. The number of halogens is 1. The van der Waals surface area contributed by atoms with E-state index in [9.17, 15) is 21.6 Å². The third-order valence-electron chi connectivity index (χ3n) is 4.44. The monoisotopic (exact) mass is 458 g/mol. The normalized spacial score (nSPS) is 18.8. The molecule has 1 saturated heterocycles. The van der Waals surface area contributed by atoms with Crippen molar-refractivity contribution < 1.29 is 26.4 Å². The third kappa shape index (κ3) is 4.25. The number of ether oxygens (including phenoxy) is 1. The Kier molecular flexibility index (Phi) is 5.91. The van der Waals surface area contributed by atoms with E-state index < -0.39 is 31.9 Å². The van der Waals surface area contributed by atoms with Crippen LogP contribution in [0.15, 0.2) is 47.4 Å². The van der Waals surface area contributed by atoms with Crippen LogP contribution in [-0.4, -0.2) is 35.6 Å². The van der Waals surface area contributed by atoms with E-state index in [4.69, 9.17) is 16.3 Å². The molecule has 8 nitrogen and oxygen atoms in total. The minimum atomic E-state index is -4.10. The molecule has 0 bridgehead atoms. The topological polar surface area (TPSA) is 110 Å². The van der Waals surface area contributed by atoms with Crippen molar-refractivity contribution in [2.45, 2.75) is 18.4 Å². The maximum atomic E-state index is 12.9. The van der Waals surface area contributed by atoms with Crippen LogP contribution in [-0.2, 0) is 31.4 Å². The van der Waals surface area contributed by atoms with Gasteiger partial charge in [-0.05, 0) is 29.8 Å². The molecule has 1 unspecified atom stereocenters. The molecule has 1 aliphatic rings. The van der Waals surface area contributed by atoms with Gasteiger partial charge in [-0.2, -0.15) is 0 Å². The molecule has 11 heteroatoms. The number of carbonyl (C=O) groups is 1. The number of hydrogen-bond acceptors (Lipinski definition) is 6. The highest BCUT2D eigenvalue weighted by molar-refractivity contribution is 7.94. The third-order valence-corrected chi connectivity index (χ3v) is 8.10. The van der Waals surface area contributed by atoms with E-state index in [-0.39, 0.29) is 28.6 Å². The number of benzene rings is 2. The molecule has 2 aromatic carbocycles. The van der Waals surface area contributed by atoms with Crippen LogP contribution >= 0.6 is 11.6 Å². The lowest BCUT2D eigenvalue weighted by molar-refractivity contribution is -0.119. The van der Waals surface area contributed by atoms with Gasteiger partial charge in [-0.1, -0.05) is 36.7 Å². The first-order valence-electron chi connectivity index (χ1n) is 8.55. The lowest BCUT2D eigenvalue weighted by atomic mass is 10.2. The Bertz CT molecular complexity index is 1160. The predicted molar refractivity (Wildman–Crippen MR) is 109 cm³/mol. The van der Waals surface area contributed by atoms with E-state index in [2.05, 4.69) is 4.72 Å². The Morgan fingerprint density at radius 1 is 1.24 bits per heavy atom. The second kappa shape index (κ2) is 7.94. The fraction of sp³-hybridized carbons (Fsp3) is 0.278. The predicted octanol–water partition coefficient (Wildman–Crippen LogP) is 2.14. The van der Waals surface area contributed by atoms with E-state index >= 15 is 0 Å². The van der Waals surface area contributed by atoms with Crippen LogP contribution < -0.4 is 13.8 Å². The van der Waals surface area contributed by atoms with Gasteiger partial charge in [-0.15, -0.1) is 0 Å². The Labute approximate surface area is 174 Å². The first-order chi connectivity index (χ1) is 13.6. The maximum Gasteiger partial charge on any atom is 0.244 e. The number of sulfonamides is 2. The lowest BCUT2D eigenvalue weighted by Crippen LogP contribution is -2.31. The highest BCUT2D eigenvalue weighted by Gasteiger charge is 2.42. The number of anilines is 1. The molecule has 2 aromatic rings. The van der Waals surface area contributed by atoms with Crippen molar-refractivity contribution in [1.82, 2.24) is 4.72 Å². The van der Waals surface area contributed by atoms with E-state index in [1.165, 1.54) is 26.2 Å². The Balaban J connectivity index is 1.99. The number of nitrogens with one attached hydrogen (secondary N) is 1. The molecule has 1 N–H and O–H groups in total. The standard InChI is InChI=1S/C18H19ClN2O6S2/c1-12-11-28(23,24)21(18(12)22)14-7-8-16(27-2)17(9-14)29(25,26)20-10-13-5-3-4-6-15(13)19/h3-9,12,20H,10-11H2,1-2H3. The largest absolute Gasteiger partial charge is 0.495 e. The van der Waals surface area contributed by atoms with Crippen molar-refractivity contribution in [3.8, 4) is 5.75 Å². The maximum absolute atomic E-state index is 12.9. The molecule has 156 valence electrons. The molecular formula is C18H19ClN2O6S2. The molecule has 3 rings (SSSR count). The van der Waals surface area contributed by atoms with Gasteiger partial charge in [0.25, 0.3) is 0 Å². The summed E-state index contributed by atoms with van der Waals surface area (Å²) in [6.07, 6.45) is 0. The van der Waals surface area contributed by atoms with E-state index in [0.717, 1.165) is 6.07 Å². The summed E-state index contributed by atoms with van der Waals surface area (Å²) >= 11 is 6.06. The molecule has 1 amide bonds. The molecule has 1 aliphatic heterocycles. The van der Waals surface area contributed by atoms with Gasteiger partial charge in [0.15, 0.2) is 0 Å². The van der Waals surface area contributed by atoms with E-state index in [0.29, 0.717) is 14.9 Å². The minimum absolute atomic E-state index is 0.0116. The fourth-order valence-electron chi connectivity index (χ4n) is 2.98. The summed E-state index contributed by atoms with van der Waals surface area (Å²) < 4.78 is 58.6. The number of amides is 1. The smallest absolute Gasteiger partial charge is 0.244 e. The van der Waals surface area contributed by atoms with Crippen molar-refractivity contribution in [2.24, 2.45) is 5.92 Å². The first-order valence-corrected chi connectivity index (χ1v) is 12.0. The van der Waals surface area contributed by atoms with Crippen molar-refractivity contribution in [3.63, 3.8) is 0 Å². The van der Waals surface area contributed by atoms with Gasteiger partial charge in [0.05, 0.1) is 24.5 Å². The van der Waals surface area contributed by atoms with Crippen LogP contribution in [0, 0.1) is 5.92 Å².